The largest absolute Gasteiger partial charge is 0.399 e. The minimum Gasteiger partial charge on any atom is -0.399 e. The third-order valence-electron chi connectivity index (χ3n) is 3.82. The van der Waals surface area contributed by atoms with E-state index in [1.807, 2.05) is 18.2 Å². The summed E-state index contributed by atoms with van der Waals surface area (Å²) in [5.41, 5.74) is 8.49. The van der Waals surface area contributed by atoms with Gasteiger partial charge in [0.2, 0.25) is 0 Å². The normalized spacial score (nSPS) is 17.2. The number of nitrogen functional groups attached to an aromatic ring is 1. The van der Waals surface area contributed by atoms with Gasteiger partial charge in [0.1, 0.15) is 5.82 Å². The number of aromatic nitrogens is 2. The molecule has 1 saturated carbocycles. The van der Waals surface area contributed by atoms with Crippen molar-refractivity contribution >= 4 is 16.7 Å². The summed E-state index contributed by atoms with van der Waals surface area (Å²) < 4.78 is 2.24. The maximum Gasteiger partial charge on any atom is 0.110 e. The van der Waals surface area contributed by atoms with E-state index in [-0.39, 0.29) is 12.1 Å². The van der Waals surface area contributed by atoms with Crippen LogP contribution in [0.2, 0.25) is 0 Å². The summed E-state index contributed by atoms with van der Waals surface area (Å²) in [5, 5.41) is 9.66. The maximum atomic E-state index is 9.66. The molecule has 1 fully saturated rings. The van der Waals surface area contributed by atoms with Crippen LogP contribution >= 0.6 is 0 Å². The van der Waals surface area contributed by atoms with Crippen molar-refractivity contribution in [2.75, 3.05) is 12.3 Å². The zero-order chi connectivity index (χ0) is 12.8. The maximum absolute atomic E-state index is 9.66. The number of nitrogens with two attached hydrogens (primary N) is 1. The topological polar surface area (TPSA) is 64.1 Å². The Bertz CT molecular complexity index is 584. The van der Waals surface area contributed by atoms with Crippen molar-refractivity contribution in [3.63, 3.8) is 0 Å². The molecule has 3 rings (SSSR count). The fourth-order valence-electron chi connectivity index (χ4n) is 2.66. The first-order valence-corrected chi connectivity index (χ1v) is 6.58. The van der Waals surface area contributed by atoms with Crippen LogP contribution in [-0.4, -0.2) is 21.3 Å². The molecule has 1 aromatic heterocycles. The van der Waals surface area contributed by atoms with Crippen LogP contribution in [0.25, 0.3) is 11.0 Å². The highest BCUT2D eigenvalue weighted by Crippen LogP contribution is 2.46. The van der Waals surface area contributed by atoms with Crippen molar-refractivity contribution in [2.45, 2.75) is 38.1 Å². The second-order valence-electron chi connectivity index (χ2n) is 5.24. The molecule has 1 aliphatic carbocycles. The quantitative estimate of drug-likeness (QED) is 0.810. The molecule has 3 N–H and O–H groups in total. The Morgan fingerprint density at radius 2 is 2.22 bits per heavy atom. The molecule has 1 aliphatic rings. The van der Waals surface area contributed by atoms with Gasteiger partial charge in [-0.05, 0) is 37.5 Å². The Balaban J connectivity index is 2.22. The molecule has 1 heterocycles. The lowest BCUT2D eigenvalue weighted by atomic mass is 10.2. The summed E-state index contributed by atoms with van der Waals surface area (Å²) in [7, 11) is 0. The Kier molecular flexibility index (Phi) is 2.55. The highest BCUT2D eigenvalue weighted by atomic mass is 16.3. The van der Waals surface area contributed by atoms with Crippen LogP contribution in [-0.2, 0) is 12.0 Å². The SMILES string of the molecule is CCCc1nc2cc(N)ccc2n1C1(CO)CC1. The van der Waals surface area contributed by atoms with Crippen LogP contribution in [0, 0.1) is 0 Å². The van der Waals surface area contributed by atoms with E-state index in [0.29, 0.717) is 0 Å². The summed E-state index contributed by atoms with van der Waals surface area (Å²) in [5.74, 6) is 1.07. The molecule has 0 saturated heterocycles. The Labute approximate surface area is 106 Å². The van der Waals surface area contributed by atoms with Gasteiger partial charge in [0.25, 0.3) is 0 Å². The lowest BCUT2D eigenvalue weighted by molar-refractivity contribution is 0.213. The molecule has 0 bridgehead atoms. The number of rotatable bonds is 4. The van der Waals surface area contributed by atoms with Crippen LogP contribution in [0.4, 0.5) is 5.69 Å². The number of aliphatic hydroxyl groups is 1. The molecule has 1 aromatic carbocycles. The lowest BCUT2D eigenvalue weighted by Gasteiger charge is -2.18. The molecule has 96 valence electrons. The molecule has 0 amide bonds. The molecular formula is C14H19N3O. The van der Waals surface area contributed by atoms with Gasteiger partial charge in [0.05, 0.1) is 23.2 Å². The smallest absolute Gasteiger partial charge is 0.110 e. The average Bonchev–Trinajstić information content (AvgIpc) is 3.06. The summed E-state index contributed by atoms with van der Waals surface area (Å²) in [6.07, 6.45) is 4.07. The lowest BCUT2D eigenvalue weighted by Crippen LogP contribution is -2.23. The molecule has 4 heteroatoms. The minimum absolute atomic E-state index is 0.102. The van der Waals surface area contributed by atoms with Gasteiger partial charge in [-0.25, -0.2) is 4.98 Å². The fourth-order valence-corrected chi connectivity index (χ4v) is 2.66. The van der Waals surface area contributed by atoms with Gasteiger partial charge in [-0.3, -0.25) is 0 Å². The number of aliphatic hydroxyl groups excluding tert-OH is 1. The average molecular weight is 245 g/mol. The van der Waals surface area contributed by atoms with Crippen LogP contribution < -0.4 is 5.73 Å². The van der Waals surface area contributed by atoms with E-state index in [9.17, 15) is 5.11 Å². The predicted molar refractivity (Wildman–Crippen MR) is 72.4 cm³/mol. The first-order valence-electron chi connectivity index (χ1n) is 6.58. The monoisotopic (exact) mass is 245 g/mol. The standard InChI is InChI=1S/C14H19N3O/c1-2-3-13-16-11-8-10(15)4-5-12(11)17(13)14(9-18)6-7-14/h4-5,8,18H,2-3,6-7,9,15H2,1H3. The molecule has 0 atom stereocenters. The number of hydrogen-bond acceptors (Lipinski definition) is 3. The summed E-state index contributed by atoms with van der Waals surface area (Å²) in [6, 6.07) is 5.84. The van der Waals surface area contributed by atoms with Crippen molar-refractivity contribution in [2.24, 2.45) is 0 Å². The fraction of sp³-hybridized carbons (Fsp3) is 0.500. The Morgan fingerprint density at radius 3 is 2.83 bits per heavy atom. The van der Waals surface area contributed by atoms with Crippen LogP contribution in [0.15, 0.2) is 18.2 Å². The summed E-state index contributed by atoms with van der Waals surface area (Å²) in [6.45, 7) is 2.34. The van der Waals surface area contributed by atoms with Gasteiger partial charge in [0, 0.05) is 12.1 Å². The van der Waals surface area contributed by atoms with Gasteiger partial charge < -0.3 is 15.4 Å². The van der Waals surface area contributed by atoms with Gasteiger partial charge in [-0.15, -0.1) is 0 Å². The third kappa shape index (κ3) is 1.60. The molecule has 0 spiro atoms. The van der Waals surface area contributed by atoms with E-state index in [4.69, 9.17) is 5.73 Å². The zero-order valence-corrected chi connectivity index (χ0v) is 10.7. The number of benzene rings is 1. The number of nitrogens with zero attached hydrogens (tertiary/aromatic N) is 2. The van der Waals surface area contributed by atoms with Gasteiger partial charge in [0.15, 0.2) is 0 Å². The summed E-state index contributed by atoms with van der Waals surface area (Å²) in [4.78, 5) is 4.69. The van der Waals surface area contributed by atoms with Crippen molar-refractivity contribution < 1.29 is 5.11 Å². The van der Waals surface area contributed by atoms with Crippen molar-refractivity contribution in [3.8, 4) is 0 Å². The van der Waals surface area contributed by atoms with E-state index >= 15 is 0 Å². The summed E-state index contributed by atoms with van der Waals surface area (Å²) >= 11 is 0. The molecule has 0 radical (unpaired) electrons. The number of anilines is 1. The Hall–Kier alpha value is -1.55. The number of hydrogen-bond donors (Lipinski definition) is 2. The predicted octanol–water partition coefficient (Wildman–Crippen LogP) is 2.05. The van der Waals surface area contributed by atoms with E-state index < -0.39 is 0 Å². The molecule has 0 unspecified atom stereocenters. The molecule has 2 aromatic rings. The first kappa shape index (κ1) is 11.5. The van der Waals surface area contributed by atoms with Gasteiger partial charge >= 0.3 is 0 Å². The van der Waals surface area contributed by atoms with E-state index in [0.717, 1.165) is 48.2 Å². The second kappa shape index (κ2) is 3.99. The van der Waals surface area contributed by atoms with Crippen molar-refractivity contribution in [1.82, 2.24) is 9.55 Å². The molecular weight excluding hydrogens is 226 g/mol. The van der Waals surface area contributed by atoms with Crippen LogP contribution in [0.1, 0.15) is 32.0 Å². The third-order valence-corrected chi connectivity index (χ3v) is 3.82. The van der Waals surface area contributed by atoms with Crippen LogP contribution in [0.3, 0.4) is 0 Å². The second-order valence-corrected chi connectivity index (χ2v) is 5.24. The molecule has 4 nitrogen and oxygen atoms in total. The first-order chi connectivity index (χ1) is 8.70. The highest BCUT2D eigenvalue weighted by molar-refractivity contribution is 5.80. The molecule has 18 heavy (non-hydrogen) atoms. The van der Waals surface area contributed by atoms with Gasteiger partial charge in [-0.1, -0.05) is 6.92 Å². The van der Waals surface area contributed by atoms with E-state index in [2.05, 4.69) is 16.5 Å². The van der Waals surface area contributed by atoms with Gasteiger partial charge in [-0.2, -0.15) is 0 Å². The Morgan fingerprint density at radius 1 is 1.44 bits per heavy atom. The van der Waals surface area contributed by atoms with E-state index in [1.165, 1.54) is 0 Å². The van der Waals surface area contributed by atoms with Crippen molar-refractivity contribution in [1.29, 1.82) is 0 Å². The molecule has 0 aliphatic heterocycles. The minimum atomic E-state index is -0.102. The number of fused-ring (bicyclic) bond motifs is 1. The van der Waals surface area contributed by atoms with E-state index in [1.54, 1.807) is 0 Å². The van der Waals surface area contributed by atoms with Crippen LogP contribution in [0.5, 0.6) is 0 Å². The zero-order valence-electron chi connectivity index (χ0n) is 10.7. The number of imidazole rings is 1. The van der Waals surface area contributed by atoms with Crippen molar-refractivity contribution in [3.05, 3.63) is 24.0 Å². The number of aryl methyl sites for hydroxylation is 1. The highest BCUT2D eigenvalue weighted by Gasteiger charge is 2.46.